The highest BCUT2D eigenvalue weighted by Crippen LogP contribution is 2.51. The molecule has 8 N–H and O–H groups in total. The number of rotatable bonds is 9. The Hall–Kier alpha value is -3.54. The van der Waals surface area contributed by atoms with Gasteiger partial charge in [-0.3, -0.25) is 24.5 Å². The number of phenolic OH excluding ortho intramolecular Hbond substituents is 1. The second kappa shape index (κ2) is 11.3. The van der Waals surface area contributed by atoms with Gasteiger partial charge >= 0.3 is 0 Å². The van der Waals surface area contributed by atoms with Gasteiger partial charge in [-0.1, -0.05) is 44.7 Å². The predicted octanol–water partition coefficient (Wildman–Crippen LogP) is 1.08. The number of imide groups is 1. The van der Waals surface area contributed by atoms with Gasteiger partial charge in [0, 0.05) is 11.5 Å². The van der Waals surface area contributed by atoms with E-state index in [1.165, 1.54) is 6.07 Å². The van der Waals surface area contributed by atoms with Gasteiger partial charge in [0.05, 0.1) is 18.2 Å². The highest BCUT2D eigenvalue weighted by molar-refractivity contribution is 6.27. The first-order valence-electron chi connectivity index (χ1n) is 13.3. The van der Waals surface area contributed by atoms with Gasteiger partial charge < -0.3 is 31.5 Å². The Morgan fingerprint density at radius 1 is 1.10 bits per heavy atom. The highest BCUT2D eigenvalue weighted by atomic mass is 16.3. The summed E-state index contributed by atoms with van der Waals surface area (Å²) >= 11 is 0. The molecule has 0 heterocycles. The molecule has 3 aliphatic rings. The number of aliphatic hydroxyl groups is 3. The topological polar surface area (TPSA) is 199 Å². The largest absolute Gasteiger partial charge is 0.508 e. The van der Waals surface area contributed by atoms with Gasteiger partial charge in [0.25, 0.3) is 5.91 Å². The average Bonchev–Trinajstić information content (AvgIpc) is 2.88. The number of benzene rings is 1. The van der Waals surface area contributed by atoms with Crippen molar-refractivity contribution in [3.8, 4) is 5.75 Å². The molecule has 4 atom stereocenters. The third kappa shape index (κ3) is 4.97. The van der Waals surface area contributed by atoms with E-state index in [1.54, 1.807) is 12.1 Å². The number of aliphatic hydroxyl groups excluding tert-OH is 2. The van der Waals surface area contributed by atoms with Crippen LogP contribution in [0.3, 0.4) is 0 Å². The van der Waals surface area contributed by atoms with Crippen LogP contribution in [0.2, 0.25) is 0 Å². The minimum atomic E-state index is -2.78. The molecule has 11 heteroatoms. The third-order valence-electron chi connectivity index (χ3n) is 7.96. The van der Waals surface area contributed by atoms with E-state index in [4.69, 9.17) is 5.73 Å². The number of ketones is 2. The lowest BCUT2D eigenvalue weighted by Gasteiger charge is -2.48. The van der Waals surface area contributed by atoms with Crippen molar-refractivity contribution in [2.24, 2.45) is 17.6 Å². The summed E-state index contributed by atoms with van der Waals surface area (Å²) in [7, 11) is 0. The fourth-order valence-electron chi connectivity index (χ4n) is 5.93. The van der Waals surface area contributed by atoms with Gasteiger partial charge in [-0.15, -0.1) is 0 Å². The molecule has 11 nitrogen and oxygen atoms in total. The van der Waals surface area contributed by atoms with Crippen molar-refractivity contribution in [3.63, 3.8) is 0 Å². The van der Waals surface area contributed by atoms with E-state index in [1.807, 2.05) is 5.32 Å². The fraction of sp³-hybridized carbons (Fsp3) is 0.500. The van der Waals surface area contributed by atoms with E-state index in [0.717, 1.165) is 32.1 Å². The smallest absolute Gasteiger partial charge is 0.265 e. The minimum Gasteiger partial charge on any atom is -0.508 e. The molecule has 4 unspecified atom stereocenters. The van der Waals surface area contributed by atoms with E-state index in [2.05, 4.69) is 12.2 Å². The Morgan fingerprint density at radius 3 is 2.54 bits per heavy atom. The molecule has 1 aromatic carbocycles. The van der Waals surface area contributed by atoms with Crippen molar-refractivity contribution >= 4 is 29.1 Å². The summed E-state index contributed by atoms with van der Waals surface area (Å²) in [5.74, 6) is -8.11. The summed E-state index contributed by atoms with van der Waals surface area (Å²) in [4.78, 5) is 51.9. The summed E-state index contributed by atoms with van der Waals surface area (Å²) in [5.41, 5.74) is 2.76. The van der Waals surface area contributed by atoms with Crippen LogP contribution < -0.4 is 16.4 Å². The zero-order valence-electron chi connectivity index (χ0n) is 21.8. The number of nitrogens with two attached hydrogens (primary N) is 1. The van der Waals surface area contributed by atoms with E-state index in [9.17, 15) is 39.6 Å². The molecule has 0 saturated heterocycles. The van der Waals surface area contributed by atoms with E-state index in [0.29, 0.717) is 12.1 Å². The summed E-state index contributed by atoms with van der Waals surface area (Å²) in [6.07, 6.45) is 5.35. The Morgan fingerprint density at radius 2 is 1.82 bits per heavy atom. The second-order valence-electron chi connectivity index (χ2n) is 10.5. The molecule has 210 valence electrons. The number of Topliss-reactive ketones (excluding diaryl/α,β-unsaturated/α-hetero) is 2. The summed E-state index contributed by atoms with van der Waals surface area (Å²) in [5, 5.41) is 48.6. The number of aromatic hydroxyl groups is 1. The molecule has 4 rings (SSSR count). The fourth-order valence-corrected chi connectivity index (χ4v) is 5.93. The third-order valence-corrected chi connectivity index (χ3v) is 7.96. The first-order valence-corrected chi connectivity index (χ1v) is 13.3. The molecular formula is C28H35N3O8. The monoisotopic (exact) mass is 541 g/mol. The minimum absolute atomic E-state index is 0.0419. The molecule has 1 fully saturated rings. The molecule has 1 saturated carbocycles. The van der Waals surface area contributed by atoms with Crippen LogP contribution in [0.15, 0.2) is 35.1 Å². The van der Waals surface area contributed by atoms with Crippen molar-refractivity contribution in [1.82, 2.24) is 10.6 Å². The van der Waals surface area contributed by atoms with Crippen LogP contribution in [-0.4, -0.2) is 68.5 Å². The van der Waals surface area contributed by atoms with Crippen LogP contribution in [0.1, 0.15) is 56.6 Å². The quantitative estimate of drug-likeness (QED) is 0.175. The van der Waals surface area contributed by atoms with Crippen molar-refractivity contribution in [3.05, 3.63) is 46.2 Å². The van der Waals surface area contributed by atoms with Crippen molar-refractivity contribution < 1.29 is 39.6 Å². The van der Waals surface area contributed by atoms with Gasteiger partial charge in [-0.2, -0.15) is 0 Å². The standard InChI is InChI=1S/C28H35N3O8/c1-2-3-4-5-6-10-30-13-18(33)31-27(38)21-24(35)22(29)16-12-15-11-14-8-7-9-17(32)19(14)23(34)20(15)25(36)28(16,39)26(21)37/h7-9,15-16,22,30,32,34,37,39H,2-6,10-13,29H2,1H3,(H,31,33,38). The summed E-state index contributed by atoms with van der Waals surface area (Å²) < 4.78 is 0. The van der Waals surface area contributed by atoms with E-state index >= 15 is 0 Å². The Balaban J connectivity index is 1.57. The Kier molecular flexibility index (Phi) is 8.24. The molecule has 0 bridgehead atoms. The van der Waals surface area contributed by atoms with Gasteiger partial charge in [-0.05, 0) is 43.4 Å². The zero-order chi connectivity index (χ0) is 28.5. The SMILES string of the molecule is CCCCCCCNCC(=O)NC(=O)C1=C(O)C2(O)C(=O)C3=C(O)c4c(O)cccc4CC3CC2C(N)C1=O. The number of carbonyl (C=O) groups is 4. The number of fused-ring (bicyclic) bond motifs is 3. The van der Waals surface area contributed by atoms with Crippen molar-refractivity contribution in [2.45, 2.75) is 63.5 Å². The molecule has 39 heavy (non-hydrogen) atoms. The number of amides is 2. The first kappa shape index (κ1) is 28.5. The van der Waals surface area contributed by atoms with Crippen LogP contribution >= 0.6 is 0 Å². The lowest BCUT2D eigenvalue weighted by atomic mass is 9.58. The summed E-state index contributed by atoms with van der Waals surface area (Å²) in [6, 6.07) is 3.08. The predicted molar refractivity (Wildman–Crippen MR) is 140 cm³/mol. The molecule has 2 amide bonds. The number of hydrogen-bond acceptors (Lipinski definition) is 10. The van der Waals surface area contributed by atoms with E-state index in [-0.39, 0.29) is 36.3 Å². The maximum Gasteiger partial charge on any atom is 0.265 e. The normalized spacial score (nSPS) is 26.2. The lowest BCUT2D eigenvalue weighted by Crippen LogP contribution is -2.65. The van der Waals surface area contributed by atoms with Gasteiger partial charge in [0.2, 0.25) is 11.7 Å². The molecule has 3 aliphatic carbocycles. The Labute approximate surface area is 225 Å². The number of carbonyl (C=O) groups excluding carboxylic acids is 4. The number of nitrogens with one attached hydrogen (secondary N) is 2. The van der Waals surface area contributed by atoms with Crippen LogP contribution in [-0.2, 0) is 25.6 Å². The van der Waals surface area contributed by atoms with E-state index < -0.39 is 64.0 Å². The highest BCUT2D eigenvalue weighted by Gasteiger charge is 2.63. The average molecular weight is 542 g/mol. The van der Waals surface area contributed by atoms with Crippen LogP contribution in [0.4, 0.5) is 0 Å². The maximum absolute atomic E-state index is 13.6. The molecule has 1 aromatic rings. The van der Waals surface area contributed by atoms with Crippen LogP contribution in [0.5, 0.6) is 5.75 Å². The number of phenols is 1. The second-order valence-corrected chi connectivity index (χ2v) is 10.5. The molecule has 0 radical (unpaired) electrons. The molecular weight excluding hydrogens is 506 g/mol. The zero-order valence-corrected chi connectivity index (χ0v) is 21.8. The van der Waals surface area contributed by atoms with Crippen LogP contribution in [0.25, 0.3) is 5.76 Å². The van der Waals surface area contributed by atoms with Crippen molar-refractivity contribution in [2.75, 3.05) is 13.1 Å². The molecule has 0 spiro atoms. The van der Waals surface area contributed by atoms with Crippen LogP contribution in [0, 0.1) is 11.8 Å². The van der Waals surface area contributed by atoms with Gasteiger partial charge in [0.15, 0.2) is 11.4 Å². The maximum atomic E-state index is 13.6. The van der Waals surface area contributed by atoms with Crippen molar-refractivity contribution in [1.29, 1.82) is 0 Å². The Bertz CT molecular complexity index is 1270. The lowest BCUT2D eigenvalue weighted by molar-refractivity contribution is -0.149. The van der Waals surface area contributed by atoms with Gasteiger partial charge in [-0.25, -0.2) is 0 Å². The molecule has 0 aromatic heterocycles. The number of hydrogen-bond donors (Lipinski definition) is 7. The first-order chi connectivity index (χ1) is 18.5. The summed E-state index contributed by atoms with van der Waals surface area (Å²) in [6.45, 7) is 2.45. The van der Waals surface area contributed by atoms with Gasteiger partial charge in [0.1, 0.15) is 22.8 Å². The molecule has 0 aliphatic heterocycles. The number of unbranched alkanes of at least 4 members (excludes halogenated alkanes) is 4.